The van der Waals surface area contributed by atoms with Crippen LogP contribution in [-0.4, -0.2) is 29.9 Å². The fraction of sp³-hybridized carbons (Fsp3) is 0.833. The number of halogens is 3. The lowest BCUT2D eigenvalue weighted by Crippen LogP contribution is -2.51. The Hall–Kier alpha value is -0.910. The van der Waals surface area contributed by atoms with Crippen LogP contribution in [0.3, 0.4) is 0 Å². The predicted molar refractivity (Wildman–Crippen MR) is 65.9 cm³/mol. The zero-order valence-electron chi connectivity index (χ0n) is 10.8. The Labute approximate surface area is 115 Å². The number of ether oxygens (including phenoxy) is 1. The number of nitrogens with one attached hydrogen (secondary N) is 1. The molecule has 0 spiro atoms. The highest BCUT2D eigenvalue weighted by Crippen LogP contribution is 2.28. The molecule has 0 heterocycles. The van der Waals surface area contributed by atoms with Crippen molar-refractivity contribution in [2.45, 2.75) is 50.5 Å². The number of carbonyl (C=O) groups is 2. The maximum Gasteiger partial charge on any atom is 0.399 e. The summed E-state index contributed by atoms with van der Waals surface area (Å²) < 4.78 is 30.2. The van der Waals surface area contributed by atoms with Crippen molar-refractivity contribution in [1.82, 2.24) is 5.32 Å². The first-order chi connectivity index (χ1) is 8.86. The molecule has 7 heteroatoms. The molecule has 1 saturated carbocycles. The van der Waals surface area contributed by atoms with Crippen molar-refractivity contribution in [3.63, 3.8) is 0 Å². The monoisotopic (exact) mass is 297 g/mol. The molecule has 1 fully saturated rings. The van der Waals surface area contributed by atoms with E-state index >= 15 is 0 Å². The molecule has 1 atom stereocenters. The van der Waals surface area contributed by atoms with Gasteiger partial charge >= 0.3 is 17.3 Å². The lowest BCUT2D eigenvalue weighted by Gasteiger charge is -2.29. The lowest BCUT2D eigenvalue weighted by molar-refractivity contribution is -0.152. The molecule has 0 aromatic heterocycles. The van der Waals surface area contributed by atoms with Crippen molar-refractivity contribution >= 4 is 23.5 Å². The highest BCUT2D eigenvalue weighted by atomic mass is 35.5. The Balaban J connectivity index is 2.74. The molecule has 1 aliphatic carbocycles. The molecule has 110 valence electrons. The normalized spacial score (nSPS) is 18.7. The van der Waals surface area contributed by atoms with E-state index in [2.05, 4.69) is 11.6 Å². The molecule has 4 nitrogen and oxygen atoms in total. The average molecular weight is 298 g/mol. The quantitative estimate of drug-likeness (QED) is 0.626. The van der Waals surface area contributed by atoms with Crippen molar-refractivity contribution in [2.75, 3.05) is 6.61 Å². The molecule has 0 aromatic rings. The molecule has 0 radical (unpaired) electrons. The van der Waals surface area contributed by atoms with Gasteiger partial charge < -0.3 is 10.1 Å². The molecule has 0 aliphatic heterocycles. The predicted octanol–water partition coefficient (Wildman–Crippen LogP) is 2.45. The van der Waals surface area contributed by atoms with Crippen molar-refractivity contribution in [1.29, 1.82) is 0 Å². The van der Waals surface area contributed by atoms with Crippen LogP contribution in [0.15, 0.2) is 0 Å². The fourth-order valence-electron chi connectivity index (χ4n) is 2.29. The van der Waals surface area contributed by atoms with E-state index in [9.17, 15) is 18.4 Å². The molecular formula is C12H18ClF2NO3. The molecule has 0 bridgehead atoms. The number of hydrogen-bond acceptors (Lipinski definition) is 3. The summed E-state index contributed by atoms with van der Waals surface area (Å²) in [7, 11) is 0. The van der Waals surface area contributed by atoms with Crippen molar-refractivity contribution in [2.24, 2.45) is 5.92 Å². The van der Waals surface area contributed by atoms with Crippen LogP contribution < -0.4 is 5.32 Å². The second kappa shape index (κ2) is 7.03. The number of rotatable bonds is 5. The summed E-state index contributed by atoms with van der Waals surface area (Å²) >= 11 is 4.65. The Morgan fingerprint density at radius 1 is 1.37 bits per heavy atom. The van der Waals surface area contributed by atoms with Crippen LogP contribution >= 0.6 is 11.6 Å². The van der Waals surface area contributed by atoms with Gasteiger partial charge in [0, 0.05) is 0 Å². The average Bonchev–Trinajstić information content (AvgIpc) is 2.35. The maximum atomic E-state index is 12.7. The number of esters is 1. The number of carbonyl (C=O) groups excluding carboxylic acids is 2. The molecule has 0 saturated heterocycles. The summed E-state index contributed by atoms with van der Waals surface area (Å²) in [5.41, 5.74) is 0. The van der Waals surface area contributed by atoms with Gasteiger partial charge in [-0.1, -0.05) is 19.3 Å². The largest absolute Gasteiger partial charge is 0.464 e. The highest BCUT2D eigenvalue weighted by Gasteiger charge is 2.41. The molecular weight excluding hydrogens is 280 g/mol. The van der Waals surface area contributed by atoms with Crippen LogP contribution in [0, 0.1) is 5.92 Å². The van der Waals surface area contributed by atoms with E-state index in [1.807, 2.05) is 5.32 Å². The zero-order valence-corrected chi connectivity index (χ0v) is 11.5. The zero-order chi connectivity index (χ0) is 14.5. The van der Waals surface area contributed by atoms with Gasteiger partial charge in [-0.2, -0.15) is 8.78 Å². The molecule has 1 aliphatic rings. The van der Waals surface area contributed by atoms with Gasteiger partial charge in [0.1, 0.15) is 6.04 Å². The molecule has 1 amide bonds. The molecule has 1 N–H and O–H groups in total. The van der Waals surface area contributed by atoms with Crippen molar-refractivity contribution in [3.8, 4) is 0 Å². The van der Waals surface area contributed by atoms with E-state index < -0.39 is 23.3 Å². The summed E-state index contributed by atoms with van der Waals surface area (Å²) in [4.78, 5) is 23.0. The molecule has 1 rings (SSSR count). The molecule has 19 heavy (non-hydrogen) atoms. The number of amides is 1. The highest BCUT2D eigenvalue weighted by molar-refractivity contribution is 6.32. The Morgan fingerprint density at radius 2 is 1.95 bits per heavy atom. The van der Waals surface area contributed by atoms with Gasteiger partial charge in [-0.25, -0.2) is 4.79 Å². The molecule has 1 unspecified atom stereocenters. The molecule has 0 aromatic carbocycles. The summed E-state index contributed by atoms with van der Waals surface area (Å²) in [6.07, 6.45) is 4.28. The van der Waals surface area contributed by atoms with E-state index in [1.54, 1.807) is 6.92 Å². The third kappa shape index (κ3) is 4.93. The van der Waals surface area contributed by atoms with E-state index in [-0.39, 0.29) is 12.5 Å². The second-order valence-corrected chi connectivity index (χ2v) is 5.07. The van der Waals surface area contributed by atoms with Gasteiger partial charge in [-0.05, 0) is 37.3 Å². The van der Waals surface area contributed by atoms with E-state index in [0.717, 1.165) is 19.3 Å². The van der Waals surface area contributed by atoms with Crippen LogP contribution in [0.1, 0.15) is 39.0 Å². The maximum absolute atomic E-state index is 12.7. The van der Waals surface area contributed by atoms with Gasteiger partial charge in [-0.15, -0.1) is 0 Å². The Morgan fingerprint density at radius 3 is 2.42 bits per heavy atom. The van der Waals surface area contributed by atoms with Crippen LogP contribution in [-0.2, 0) is 14.3 Å². The van der Waals surface area contributed by atoms with Gasteiger partial charge in [-0.3, -0.25) is 4.79 Å². The Kier molecular flexibility index (Phi) is 5.97. The minimum atomic E-state index is -4.01. The summed E-state index contributed by atoms with van der Waals surface area (Å²) in [5, 5.41) is -2.00. The smallest absolute Gasteiger partial charge is 0.399 e. The summed E-state index contributed by atoms with van der Waals surface area (Å²) in [6, 6.07) is -1.04. The van der Waals surface area contributed by atoms with E-state index in [0.29, 0.717) is 12.8 Å². The topological polar surface area (TPSA) is 55.4 Å². The van der Waals surface area contributed by atoms with Gasteiger partial charge in [0.2, 0.25) is 0 Å². The fourth-order valence-corrected chi connectivity index (χ4v) is 2.35. The first-order valence-corrected chi connectivity index (χ1v) is 6.78. The second-order valence-electron chi connectivity index (χ2n) is 4.60. The van der Waals surface area contributed by atoms with Crippen LogP contribution in [0.5, 0.6) is 0 Å². The SMILES string of the molecule is CCOC(=O)C(NC(=O)C(F)(F)Cl)C1CCCCC1. The third-order valence-electron chi connectivity index (χ3n) is 3.21. The van der Waals surface area contributed by atoms with Crippen LogP contribution in [0.2, 0.25) is 0 Å². The summed E-state index contributed by atoms with van der Waals surface area (Å²) in [5.74, 6) is -2.50. The van der Waals surface area contributed by atoms with Crippen molar-refractivity contribution in [3.05, 3.63) is 0 Å². The summed E-state index contributed by atoms with van der Waals surface area (Å²) in [6.45, 7) is 1.75. The van der Waals surface area contributed by atoms with Crippen LogP contribution in [0.25, 0.3) is 0 Å². The first kappa shape index (κ1) is 16.1. The number of hydrogen-bond donors (Lipinski definition) is 1. The lowest BCUT2D eigenvalue weighted by atomic mass is 9.84. The van der Waals surface area contributed by atoms with Gasteiger partial charge in [0.25, 0.3) is 0 Å². The minimum absolute atomic E-state index is 0.134. The van der Waals surface area contributed by atoms with Gasteiger partial charge in [0.15, 0.2) is 0 Å². The number of alkyl halides is 3. The van der Waals surface area contributed by atoms with Gasteiger partial charge in [0.05, 0.1) is 6.61 Å². The van der Waals surface area contributed by atoms with E-state index in [1.165, 1.54) is 0 Å². The van der Waals surface area contributed by atoms with Crippen molar-refractivity contribution < 1.29 is 23.1 Å². The minimum Gasteiger partial charge on any atom is -0.464 e. The van der Waals surface area contributed by atoms with Crippen LogP contribution in [0.4, 0.5) is 8.78 Å². The third-order valence-corrected chi connectivity index (χ3v) is 3.38. The first-order valence-electron chi connectivity index (χ1n) is 6.40. The Bertz CT molecular complexity index is 327. The van der Waals surface area contributed by atoms with E-state index in [4.69, 9.17) is 4.74 Å². The standard InChI is InChI=1S/C12H18ClF2NO3/c1-2-19-10(17)9(8-6-4-3-5-7-8)16-11(18)12(13,14)15/h8-9H,2-7H2,1H3,(H,16,18).